The minimum Gasteiger partial charge on any atom is -0.376 e. The molecule has 0 aliphatic rings. The number of nitrogens with zero attached hydrogens (tertiary/aromatic N) is 1. The first-order valence-electron chi connectivity index (χ1n) is 7.02. The molecule has 1 aromatic rings. The van der Waals surface area contributed by atoms with E-state index in [0.717, 1.165) is 4.90 Å². The van der Waals surface area contributed by atoms with Crippen LogP contribution in [-0.2, 0) is 4.79 Å². The van der Waals surface area contributed by atoms with Crippen molar-refractivity contribution in [2.75, 3.05) is 18.4 Å². The van der Waals surface area contributed by atoms with Crippen LogP contribution in [0.15, 0.2) is 30.3 Å². The van der Waals surface area contributed by atoms with Crippen LogP contribution in [0.4, 0.5) is 18.9 Å². The fourth-order valence-electron chi connectivity index (χ4n) is 2.18. The van der Waals surface area contributed by atoms with Crippen LogP contribution in [0.5, 0.6) is 0 Å². The van der Waals surface area contributed by atoms with E-state index < -0.39 is 24.7 Å². The molecule has 21 heavy (non-hydrogen) atoms. The van der Waals surface area contributed by atoms with E-state index in [0.29, 0.717) is 18.5 Å². The van der Waals surface area contributed by atoms with Gasteiger partial charge in [0.05, 0.1) is 6.54 Å². The van der Waals surface area contributed by atoms with Crippen LogP contribution < -0.4 is 5.32 Å². The van der Waals surface area contributed by atoms with Gasteiger partial charge in [-0.05, 0) is 25.0 Å². The van der Waals surface area contributed by atoms with Crippen molar-refractivity contribution in [3.63, 3.8) is 0 Å². The number of anilines is 1. The number of rotatable bonds is 7. The van der Waals surface area contributed by atoms with Crippen molar-refractivity contribution in [1.82, 2.24) is 4.90 Å². The summed E-state index contributed by atoms with van der Waals surface area (Å²) in [5.41, 5.74) is 0.711. The summed E-state index contributed by atoms with van der Waals surface area (Å²) in [7, 11) is 0. The van der Waals surface area contributed by atoms with Crippen molar-refractivity contribution in [2.24, 2.45) is 0 Å². The zero-order valence-electron chi connectivity index (χ0n) is 12.3. The summed E-state index contributed by atoms with van der Waals surface area (Å²) < 4.78 is 37.9. The van der Waals surface area contributed by atoms with Gasteiger partial charge in [0.2, 0.25) is 5.91 Å². The minimum absolute atomic E-state index is 0.142. The second-order valence-electron chi connectivity index (χ2n) is 4.83. The lowest BCUT2D eigenvalue weighted by atomic mass is 10.1. The Labute approximate surface area is 123 Å². The van der Waals surface area contributed by atoms with Crippen LogP contribution in [0.1, 0.15) is 26.7 Å². The van der Waals surface area contributed by atoms with E-state index >= 15 is 0 Å². The number of hydrogen-bond acceptors (Lipinski definition) is 2. The van der Waals surface area contributed by atoms with Crippen LogP contribution in [0.2, 0.25) is 0 Å². The molecule has 0 aliphatic carbocycles. The molecule has 0 atom stereocenters. The number of benzene rings is 1. The van der Waals surface area contributed by atoms with Crippen LogP contribution in [0.3, 0.4) is 0 Å². The molecule has 0 saturated heterocycles. The average Bonchev–Trinajstić information content (AvgIpc) is 2.45. The van der Waals surface area contributed by atoms with E-state index in [1.165, 1.54) is 0 Å². The highest BCUT2D eigenvalue weighted by Crippen LogP contribution is 2.20. The second kappa shape index (κ2) is 7.90. The quantitative estimate of drug-likeness (QED) is 0.833. The van der Waals surface area contributed by atoms with E-state index in [-0.39, 0.29) is 6.54 Å². The van der Waals surface area contributed by atoms with Crippen molar-refractivity contribution < 1.29 is 18.0 Å². The molecule has 118 valence electrons. The minimum atomic E-state index is -4.38. The first-order valence-corrected chi connectivity index (χ1v) is 7.02. The van der Waals surface area contributed by atoms with Gasteiger partial charge in [0.25, 0.3) is 0 Å². The van der Waals surface area contributed by atoms with Gasteiger partial charge in [-0.1, -0.05) is 32.0 Å². The Kier molecular flexibility index (Phi) is 6.52. The monoisotopic (exact) mass is 302 g/mol. The smallest absolute Gasteiger partial charge is 0.376 e. The number of hydrogen-bond donors (Lipinski definition) is 1. The Balaban J connectivity index is 2.70. The maximum Gasteiger partial charge on any atom is 0.406 e. The maximum atomic E-state index is 12.6. The molecule has 0 spiro atoms. The molecule has 0 saturated carbocycles. The summed E-state index contributed by atoms with van der Waals surface area (Å²) in [6.07, 6.45) is -3.38. The number of para-hydroxylation sites is 1. The standard InChI is InChI=1S/C15H21F3N2O/c1-3-13(4-2)20(11-15(16,17)18)14(21)10-19-12-8-6-5-7-9-12/h5-9,13,19H,3-4,10-11H2,1-2H3. The Morgan fingerprint density at radius 2 is 1.76 bits per heavy atom. The predicted octanol–water partition coefficient (Wildman–Crippen LogP) is 3.68. The molecular weight excluding hydrogens is 281 g/mol. The molecule has 1 amide bonds. The molecule has 0 heterocycles. The van der Waals surface area contributed by atoms with Gasteiger partial charge < -0.3 is 10.2 Å². The summed E-state index contributed by atoms with van der Waals surface area (Å²) in [5, 5.41) is 2.86. The zero-order chi connectivity index (χ0) is 15.9. The third-order valence-electron chi connectivity index (χ3n) is 3.27. The van der Waals surface area contributed by atoms with Crippen LogP contribution in [-0.4, -0.2) is 36.1 Å². The number of carbonyl (C=O) groups is 1. The SMILES string of the molecule is CCC(CC)N(CC(F)(F)F)C(=O)CNc1ccccc1. The summed E-state index contributed by atoms with van der Waals surface area (Å²) >= 11 is 0. The second-order valence-corrected chi connectivity index (χ2v) is 4.83. The number of amides is 1. The van der Waals surface area contributed by atoms with E-state index in [2.05, 4.69) is 5.32 Å². The van der Waals surface area contributed by atoms with Gasteiger partial charge in [-0.3, -0.25) is 4.79 Å². The Morgan fingerprint density at radius 3 is 2.24 bits per heavy atom. The first kappa shape index (κ1) is 17.3. The van der Waals surface area contributed by atoms with Crippen molar-refractivity contribution in [3.05, 3.63) is 30.3 Å². The highest BCUT2D eigenvalue weighted by Gasteiger charge is 2.35. The summed E-state index contributed by atoms with van der Waals surface area (Å²) in [6.45, 7) is 2.23. The molecule has 1 rings (SSSR count). The van der Waals surface area contributed by atoms with Crippen molar-refractivity contribution >= 4 is 11.6 Å². The van der Waals surface area contributed by atoms with E-state index in [9.17, 15) is 18.0 Å². The summed E-state index contributed by atoms with van der Waals surface area (Å²) in [4.78, 5) is 13.0. The summed E-state index contributed by atoms with van der Waals surface area (Å²) in [6, 6.07) is 8.55. The largest absolute Gasteiger partial charge is 0.406 e. The van der Waals surface area contributed by atoms with Gasteiger partial charge in [-0.15, -0.1) is 0 Å². The predicted molar refractivity (Wildman–Crippen MR) is 77.1 cm³/mol. The number of carbonyl (C=O) groups excluding carboxylic acids is 1. The van der Waals surface area contributed by atoms with Crippen molar-refractivity contribution in [3.8, 4) is 0 Å². The highest BCUT2D eigenvalue weighted by molar-refractivity contribution is 5.81. The van der Waals surface area contributed by atoms with Gasteiger partial charge >= 0.3 is 6.18 Å². The van der Waals surface area contributed by atoms with E-state index in [1.807, 2.05) is 6.07 Å². The van der Waals surface area contributed by atoms with E-state index in [1.54, 1.807) is 38.1 Å². The third kappa shape index (κ3) is 6.06. The fraction of sp³-hybridized carbons (Fsp3) is 0.533. The molecule has 6 heteroatoms. The number of nitrogens with one attached hydrogen (secondary N) is 1. The maximum absolute atomic E-state index is 12.6. The van der Waals surface area contributed by atoms with Crippen molar-refractivity contribution in [1.29, 1.82) is 0 Å². The van der Waals surface area contributed by atoms with Crippen LogP contribution in [0, 0.1) is 0 Å². The van der Waals surface area contributed by atoms with Crippen molar-refractivity contribution in [2.45, 2.75) is 38.9 Å². The fourth-order valence-corrected chi connectivity index (χ4v) is 2.18. The Hall–Kier alpha value is -1.72. The van der Waals surface area contributed by atoms with E-state index in [4.69, 9.17) is 0 Å². The lowest BCUT2D eigenvalue weighted by Crippen LogP contribution is -2.47. The Bertz CT molecular complexity index is 430. The molecule has 0 radical (unpaired) electrons. The topological polar surface area (TPSA) is 32.3 Å². The Morgan fingerprint density at radius 1 is 1.19 bits per heavy atom. The van der Waals surface area contributed by atoms with Gasteiger partial charge in [0, 0.05) is 11.7 Å². The van der Waals surface area contributed by atoms with Gasteiger partial charge in [-0.2, -0.15) is 13.2 Å². The molecule has 1 N–H and O–H groups in total. The number of alkyl halides is 3. The zero-order valence-corrected chi connectivity index (χ0v) is 12.3. The molecule has 0 bridgehead atoms. The van der Waals surface area contributed by atoms with Crippen LogP contribution in [0.25, 0.3) is 0 Å². The molecule has 0 aliphatic heterocycles. The normalized spacial score (nSPS) is 11.5. The molecule has 0 fully saturated rings. The summed E-state index contributed by atoms with van der Waals surface area (Å²) in [5.74, 6) is -0.537. The van der Waals surface area contributed by atoms with Gasteiger partial charge in [-0.25, -0.2) is 0 Å². The molecular formula is C15H21F3N2O. The highest BCUT2D eigenvalue weighted by atomic mass is 19.4. The first-order chi connectivity index (χ1) is 9.87. The van der Waals surface area contributed by atoms with Gasteiger partial charge in [0.15, 0.2) is 0 Å². The van der Waals surface area contributed by atoms with Crippen LogP contribution >= 0.6 is 0 Å². The molecule has 0 unspecified atom stereocenters. The molecule has 3 nitrogen and oxygen atoms in total. The third-order valence-corrected chi connectivity index (χ3v) is 3.27. The van der Waals surface area contributed by atoms with Gasteiger partial charge in [0.1, 0.15) is 6.54 Å². The average molecular weight is 302 g/mol. The molecule has 1 aromatic carbocycles. The number of halogens is 3. The lowest BCUT2D eigenvalue weighted by molar-refractivity contribution is -0.165. The molecule has 0 aromatic heterocycles. The lowest BCUT2D eigenvalue weighted by Gasteiger charge is -2.31.